The fraction of sp³-hybridized carbons (Fsp3) is 0.269. The van der Waals surface area contributed by atoms with Crippen molar-refractivity contribution in [1.29, 1.82) is 0 Å². The van der Waals surface area contributed by atoms with E-state index < -0.39 is 0 Å². The van der Waals surface area contributed by atoms with Gasteiger partial charge in [-0.15, -0.1) is 0 Å². The minimum absolute atomic E-state index is 0.0888. The van der Waals surface area contributed by atoms with E-state index in [0.717, 1.165) is 36.5 Å². The Hall–Kier alpha value is -3.11. The molecular formula is C26H30N2O2. The molecule has 0 bridgehead atoms. The highest BCUT2D eigenvalue weighted by molar-refractivity contribution is 5.94. The smallest absolute Gasteiger partial charge is 0.252 e. The predicted molar refractivity (Wildman–Crippen MR) is 122 cm³/mol. The van der Waals surface area contributed by atoms with Crippen molar-refractivity contribution >= 4 is 5.91 Å². The fourth-order valence-corrected chi connectivity index (χ4v) is 3.48. The standard InChI is InChI=1S/C26H30N2O2/c1-4-28(5-2)19-20-11-13-23(14-12-20)26(29)27-25(21-9-7-6-8-10-21)22-15-17-24(30-3)18-16-22/h6-18,25H,4-5,19H2,1-3H3,(H,27,29). The molecule has 0 aliphatic heterocycles. The molecule has 3 aromatic carbocycles. The molecule has 0 saturated heterocycles. The molecule has 0 saturated carbocycles. The van der Waals surface area contributed by atoms with Gasteiger partial charge in [-0.05, 0) is 54.0 Å². The highest BCUT2D eigenvalue weighted by Crippen LogP contribution is 2.24. The minimum Gasteiger partial charge on any atom is -0.497 e. The summed E-state index contributed by atoms with van der Waals surface area (Å²) in [5.41, 5.74) is 3.92. The van der Waals surface area contributed by atoms with Crippen LogP contribution in [0.2, 0.25) is 0 Å². The van der Waals surface area contributed by atoms with Gasteiger partial charge in [-0.25, -0.2) is 0 Å². The van der Waals surface area contributed by atoms with Crippen molar-refractivity contribution in [1.82, 2.24) is 10.2 Å². The number of carbonyl (C=O) groups excluding carboxylic acids is 1. The Morgan fingerprint density at radius 3 is 2.03 bits per heavy atom. The number of hydrogen-bond acceptors (Lipinski definition) is 3. The van der Waals surface area contributed by atoms with Gasteiger partial charge in [0.05, 0.1) is 13.2 Å². The van der Waals surface area contributed by atoms with E-state index in [1.165, 1.54) is 5.56 Å². The first-order chi connectivity index (χ1) is 14.6. The Labute approximate surface area is 179 Å². The highest BCUT2D eigenvalue weighted by atomic mass is 16.5. The van der Waals surface area contributed by atoms with Crippen molar-refractivity contribution in [2.75, 3.05) is 20.2 Å². The lowest BCUT2D eigenvalue weighted by atomic mass is 9.98. The molecule has 30 heavy (non-hydrogen) atoms. The van der Waals surface area contributed by atoms with Crippen molar-refractivity contribution in [2.45, 2.75) is 26.4 Å². The monoisotopic (exact) mass is 402 g/mol. The summed E-state index contributed by atoms with van der Waals surface area (Å²) >= 11 is 0. The van der Waals surface area contributed by atoms with Gasteiger partial charge in [0.25, 0.3) is 5.91 Å². The lowest BCUT2D eigenvalue weighted by Crippen LogP contribution is -2.29. The van der Waals surface area contributed by atoms with E-state index in [9.17, 15) is 4.79 Å². The molecule has 0 fully saturated rings. The summed E-state index contributed by atoms with van der Waals surface area (Å²) in [4.78, 5) is 15.4. The molecule has 4 nitrogen and oxygen atoms in total. The minimum atomic E-state index is -0.236. The summed E-state index contributed by atoms with van der Waals surface area (Å²) in [5, 5.41) is 3.20. The zero-order valence-corrected chi connectivity index (χ0v) is 18.0. The van der Waals surface area contributed by atoms with Crippen LogP contribution < -0.4 is 10.1 Å². The van der Waals surface area contributed by atoms with Crippen molar-refractivity contribution in [2.24, 2.45) is 0 Å². The number of nitrogens with zero attached hydrogens (tertiary/aromatic N) is 1. The van der Waals surface area contributed by atoms with Crippen LogP contribution in [0.15, 0.2) is 78.9 Å². The topological polar surface area (TPSA) is 41.6 Å². The Kier molecular flexibility index (Phi) is 7.63. The van der Waals surface area contributed by atoms with Crippen molar-refractivity contribution < 1.29 is 9.53 Å². The Balaban J connectivity index is 1.79. The first-order valence-corrected chi connectivity index (χ1v) is 10.5. The molecular weight excluding hydrogens is 372 g/mol. The quantitative estimate of drug-likeness (QED) is 0.544. The van der Waals surface area contributed by atoms with Crippen LogP contribution in [-0.4, -0.2) is 31.0 Å². The van der Waals surface area contributed by atoms with Crippen LogP contribution in [-0.2, 0) is 6.54 Å². The van der Waals surface area contributed by atoms with E-state index in [4.69, 9.17) is 4.74 Å². The molecule has 0 aromatic heterocycles. The van der Waals surface area contributed by atoms with E-state index in [2.05, 4.69) is 24.1 Å². The van der Waals surface area contributed by atoms with Crippen LogP contribution in [0.1, 0.15) is 46.9 Å². The summed E-state index contributed by atoms with van der Waals surface area (Å²) in [7, 11) is 1.65. The molecule has 3 aromatic rings. The second kappa shape index (κ2) is 10.6. The predicted octanol–water partition coefficient (Wildman–Crippen LogP) is 5.06. The molecule has 0 aliphatic rings. The number of amides is 1. The summed E-state index contributed by atoms with van der Waals surface area (Å²) in [6, 6.07) is 25.5. The van der Waals surface area contributed by atoms with Crippen LogP contribution in [0.4, 0.5) is 0 Å². The summed E-state index contributed by atoms with van der Waals surface area (Å²) in [5.74, 6) is 0.703. The van der Waals surface area contributed by atoms with E-state index in [1.54, 1.807) is 7.11 Å². The lowest BCUT2D eigenvalue weighted by Gasteiger charge is -2.21. The summed E-state index contributed by atoms with van der Waals surface area (Å²) < 4.78 is 5.27. The normalized spacial score (nSPS) is 11.9. The van der Waals surface area contributed by atoms with Crippen molar-refractivity contribution in [3.05, 3.63) is 101 Å². The van der Waals surface area contributed by atoms with Crippen LogP contribution in [0.5, 0.6) is 5.75 Å². The number of benzene rings is 3. The largest absolute Gasteiger partial charge is 0.497 e. The van der Waals surface area contributed by atoms with Gasteiger partial charge < -0.3 is 10.1 Å². The number of rotatable bonds is 9. The van der Waals surface area contributed by atoms with Crippen LogP contribution in [0, 0.1) is 0 Å². The number of carbonyl (C=O) groups is 1. The first-order valence-electron chi connectivity index (χ1n) is 10.5. The third-order valence-corrected chi connectivity index (χ3v) is 5.37. The summed E-state index contributed by atoms with van der Waals surface area (Å²) in [6.45, 7) is 7.24. The first kappa shape index (κ1) is 21.6. The molecule has 3 rings (SSSR count). The third-order valence-electron chi connectivity index (χ3n) is 5.37. The highest BCUT2D eigenvalue weighted by Gasteiger charge is 2.18. The molecule has 0 aliphatic carbocycles. The maximum absolute atomic E-state index is 13.0. The molecule has 4 heteroatoms. The van der Waals surface area contributed by atoms with E-state index in [1.807, 2.05) is 78.9 Å². The number of nitrogens with one attached hydrogen (secondary N) is 1. The van der Waals surface area contributed by atoms with Gasteiger partial charge in [0.1, 0.15) is 5.75 Å². The Bertz CT molecular complexity index is 918. The summed E-state index contributed by atoms with van der Waals surface area (Å²) in [6.07, 6.45) is 0. The van der Waals surface area contributed by atoms with Crippen LogP contribution >= 0.6 is 0 Å². The van der Waals surface area contributed by atoms with Crippen LogP contribution in [0.3, 0.4) is 0 Å². The van der Waals surface area contributed by atoms with Gasteiger partial charge in [0, 0.05) is 12.1 Å². The van der Waals surface area contributed by atoms with Crippen LogP contribution in [0.25, 0.3) is 0 Å². The Morgan fingerprint density at radius 2 is 1.47 bits per heavy atom. The lowest BCUT2D eigenvalue weighted by molar-refractivity contribution is 0.0943. The van der Waals surface area contributed by atoms with E-state index in [0.29, 0.717) is 5.56 Å². The Morgan fingerprint density at radius 1 is 0.867 bits per heavy atom. The zero-order chi connectivity index (χ0) is 21.3. The maximum atomic E-state index is 13.0. The van der Waals surface area contributed by atoms with Gasteiger partial charge in [-0.2, -0.15) is 0 Å². The molecule has 0 radical (unpaired) electrons. The van der Waals surface area contributed by atoms with Gasteiger partial charge in [-0.3, -0.25) is 9.69 Å². The van der Waals surface area contributed by atoms with Crippen molar-refractivity contribution in [3.8, 4) is 5.75 Å². The average Bonchev–Trinajstić information content (AvgIpc) is 2.82. The number of ether oxygens (including phenoxy) is 1. The number of hydrogen-bond donors (Lipinski definition) is 1. The second-order valence-corrected chi connectivity index (χ2v) is 7.25. The molecule has 0 spiro atoms. The SMILES string of the molecule is CCN(CC)Cc1ccc(C(=O)NC(c2ccccc2)c2ccc(OC)cc2)cc1. The zero-order valence-electron chi connectivity index (χ0n) is 18.0. The van der Waals surface area contributed by atoms with E-state index in [-0.39, 0.29) is 11.9 Å². The molecule has 156 valence electrons. The maximum Gasteiger partial charge on any atom is 0.252 e. The van der Waals surface area contributed by atoms with Gasteiger partial charge in [0.15, 0.2) is 0 Å². The third kappa shape index (κ3) is 5.49. The second-order valence-electron chi connectivity index (χ2n) is 7.25. The molecule has 1 atom stereocenters. The van der Waals surface area contributed by atoms with Gasteiger partial charge in [-0.1, -0.05) is 68.4 Å². The van der Waals surface area contributed by atoms with E-state index >= 15 is 0 Å². The molecule has 1 amide bonds. The average molecular weight is 403 g/mol. The molecule has 1 N–H and O–H groups in total. The van der Waals surface area contributed by atoms with Crippen molar-refractivity contribution in [3.63, 3.8) is 0 Å². The molecule has 1 unspecified atom stereocenters. The number of methoxy groups -OCH3 is 1. The van der Waals surface area contributed by atoms with Gasteiger partial charge in [0.2, 0.25) is 0 Å². The van der Waals surface area contributed by atoms with Gasteiger partial charge >= 0.3 is 0 Å². The fourth-order valence-electron chi connectivity index (χ4n) is 3.48. The molecule has 0 heterocycles.